The molecule has 0 unspecified atom stereocenters. The van der Waals surface area contributed by atoms with Gasteiger partial charge < -0.3 is 15.4 Å². The molecule has 10 heteroatoms. The molecule has 0 saturated carbocycles. The van der Waals surface area contributed by atoms with Crippen molar-refractivity contribution in [1.29, 1.82) is 0 Å². The largest absolute Gasteiger partial charge is 0.436 e. The van der Waals surface area contributed by atoms with Crippen LogP contribution in [0, 0.1) is 12.7 Å². The van der Waals surface area contributed by atoms with Gasteiger partial charge in [0.25, 0.3) is 5.91 Å². The molecule has 3 heterocycles. The summed E-state index contributed by atoms with van der Waals surface area (Å²) >= 11 is 6.03. The fourth-order valence-electron chi connectivity index (χ4n) is 4.79. The third-order valence-electron chi connectivity index (χ3n) is 6.34. The minimum absolute atomic E-state index is 0.0218. The predicted molar refractivity (Wildman–Crippen MR) is 125 cm³/mol. The van der Waals surface area contributed by atoms with Crippen molar-refractivity contribution in [3.63, 3.8) is 0 Å². The minimum atomic E-state index is -1.34. The monoisotopic (exact) mass is 483 g/mol. The summed E-state index contributed by atoms with van der Waals surface area (Å²) in [6, 6.07) is 10.9. The summed E-state index contributed by atoms with van der Waals surface area (Å²) in [5, 5.41) is 6.74. The van der Waals surface area contributed by atoms with E-state index in [0.717, 1.165) is 11.1 Å². The zero-order valence-electron chi connectivity index (χ0n) is 18.5. The van der Waals surface area contributed by atoms with E-state index in [0.29, 0.717) is 25.9 Å². The Balaban J connectivity index is 1.44. The first-order chi connectivity index (χ1) is 16.3. The summed E-state index contributed by atoms with van der Waals surface area (Å²) in [6.45, 7) is 2.81. The number of hydrogen-bond acceptors (Lipinski definition) is 5. The third kappa shape index (κ3) is 3.75. The molecular weight excluding hydrogens is 461 g/mol. The van der Waals surface area contributed by atoms with Crippen LogP contribution in [0.5, 0.6) is 0 Å². The lowest BCUT2D eigenvalue weighted by molar-refractivity contribution is -0.0418. The average Bonchev–Trinajstić information content (AvgIpc) is 3.15. The van der Waals surface area contributed by atoms with Gasteiger partial charge in [0.15, 0.2) is 11.4 Å². The van der Waals surface area contributed by atoms with Crippen LogP contribution in [0.25, 0.3) is 0 Å². The second-order valence-electron chi connectivity index (χ2n) is 8.71. The Morgan fingerprint density at radius 3 is 2.97 bits per heavy atom. The molecule has 3 aromatic rings. The molecule has 0 radical (unpaired) electrons. The zero-order chi connectivity index (χ0) is 24.0. The van der Waals surface area contributed by atoms with Gasteiger partial charge in [-0.1, -0.05) is 41.4 Å². The van der Waals surface area contributed by atoms with Crippen molar-refractivity contribution in [3.05, 3.63) is 75.7 Å². The molecule has 1 atom stereocenters. The molecule has 1 spiro atoms. The Bertz CT molecular complexity index is 1310. The summed E-state index contributed by atoms with van der Waals surface area (Å²) in [4.78, 5) is 27.2. The molecule has 0 aliphatic carbocycles. The fourth-order valence-corrected chi connectivity index (χ4v) is 4.94. The number of hydrogen-bond donors (Lipinski definition) is 2. The van der Waals surface area contributed by atoms with E-state index in [4.69, 9.17) is 22.1 Å². The molecule has 2 amide bonds. The molecule has 2 aromatic carbocycles. The van der Waals surface area contributed by atoms with Gasteiger partial charge in [0.1, 0.15) is 11.4 Å². The highest BCUT2D eigenvalue weighted by atomic mass is 35.5. The maximum absolute atomic E-state index is 15.1. The van der Waals surface area contributed by atoms with Crippen molar-refractivity contribution < 1.29 is 18.7 Å². The number of anilines is 2. The summed E-state index contributed by atoms with van der Waals surface area (Å²) < 4.78 is 22.3. The molecule has 0 bridgehead atoms. The molecular formula is C24H23ClFN5O3. The SMILES string of the molecule is Cc1cccc(Cn2ncc(C(=O)N3CCC[C@@]4(C3)OC(=O)Nc3ccc(Cl)c(F)c34)c2N)c1. The van der Waals surface area contributed by atoms with Gasteiger partial charge >= 0.3 is 6.09 Å². The molecule has 1 aromatic heterocycles. The number of carbonyl (C=O) groups excluding carboxylic acids is 2. The molecule has 1 saturated heterocycles. The number of ether oxygens (including phenoxy) is 1. The molecule has 34 heavy (non-hydrogen) atoms. The van der Waals surface area contributed by atoms with E-state index >= 15 is 4.39 Å². The topological polar surface area (TPSA) is 102 Å². The van der Waals surface area contributed by atoms with Gasteiger partial charge in [-0.3, -0.25) is 10.1 Å². The second-order valence-corrected chi connectivity index (χ2v) is 9.12. The minimum Gasteiger partial charge on any atom is -0.436 e. The first kappa shape index (κ1) is 22.2. The Kier molecular flexibility index (Phi) is 5.44. The van der Waals surface area contributed by atoms with Gasteiger partial charge in [-0.15, -0.1) is 0 Å². The fraction of sp³-hybridized carbons (Fsp3) is 0.292. The Labute approximate surface area is 200 Å². The van der Waals surface area contributed by atoms with E-state index in [1.54, 1.807) is 4.68 Å². The van der Waals surface area contributed by atoms with Crippen LogP contribution < -0.4 is 11.1 Å². The highest BCUT2D eigenvalue weighted by Crippen LogP contribution is 2.45. The van der Waals surface area contributed by atoms with Crippen molar-refractivity contribution in [2.75, 3.05) is 24.1 Å². The number of nitrogens with one attached hydrogen (secondary N) is 1. The van der Waals surface area contributed by atoms with Crippen molar-refractivity contribution in [3.8, 4) is 0 Å². The van der Waals surface area contributed by atoms with Gasteiger partial charge in [-0.25, -0.2) is 13.9 Å². The van der Waals surface area contributed by atoms with Crippen molar-refractivity contribution in [1.82, 2.24) is 14.7 Å². The van der Waals surface area contributed by atoms with E-state index < -0.39 is 17.5 Å². The van der Waals surface area contributed by atoms with Gasteiger partial charge in [0.05, 0.1) is 35.6 Å². The van der Waals surface area contributed by atoms with Crippen molar-refractivity contribution >= 4 is 35.1 Å². The number of amides is 2. The van der Waals surface area contributed by atoms with Crippen LogP contribution in [-0.2, 0) is 16.9 Å². The number of piperidine rings is 1. The first-order valence-electron chi connectivity index (χ1n) is 10.9. The number of nitrogens with two attached hydrogens (primary N) is 1. The molecule has 2 aliphatic rings. The molecule has 8 nitrogen and oxygen atoms in total. The van der Waals surface area contributed by atoms with E-state index in [9.17, 15) is 9.59 Å². The first-order valence-corrected chi connectivity index (χ1v) is 11.3. The van der Waals surface area contributed by atoms with Crippen LogP contribution in [0.4, 0.5) is 20.7 Å². The third-order valence-corrected chi connectivity index (χ3v) is 6.63. The van der Waals surface area contributed by atoms with Crippen LogP contribution in [0.3, 0.4) is 0 Å². The number of aryl methyl sites for hydroxylation is 1. The van der Waals surface area contributed by atoms with Gasteiger partial charge in [-0.2, -0.15) is 5.10 Å². The number of nitrogens with zero attached hydrogens (tertiary/aromatic N) is 3. The summed E-state index contributed by atoms with van der Waals surface area (Å²) in [6.07, 6.45) is 1.60. The van der Waals surface area contributed by atoms with E-state index in [1.165, 1.54) is 23.2 Å². The number of aromatic nitrogens is 2. The Morgan fingerprint density at radius 2 is 2.18 bits per heavy atom. The van der Waals surface area contributed by atoms with Crippen LogP contribution in [0.15, 0.2) is 42.6 Å². The number of carbonyl (C=O) groups is 2. The normalized spacial score (nSPS) is 19.5. The number of likely N-dealkylation sites (tertiary alicyclic amines) is 1. The Morgan fingerprint density at radius 1 is 1.35 bits per heavy atom. The van der Waals surface area contributed by atoms with Crippen LogP contribution in [0.2, 0.25) is 5.02 Å². The zero-order valence-corrected chi connectivity index (χ0v) is 19.2. The van der Waals surface area contributed by atoms with Crippen LogP contribution >= 0.6 is 11.6 Å². The summed E-state index contributed by atoms with van der Waals surface area (Å²) in [7, 11) is 0. The molecule has 5 rings (SSSR count). The maximum Gasteiger partial charge on any atom is 0.412 e. The quantitative estimate of drug-likeness (QED) is 0.578. The van der Waals surface area contributed by atoms with Gasteiger partial charge in [-0.05, 0) is 37.5 Å². The number of fused-ring (bicyclic) bond motifs is 2. The predicted octanol–water partition coefficient (Wildman–Crippen LogP) is 4.31. The Hall–Kier alpha value is -3.59. The van der Waals surface area contributed by atoms with Crippen LogP contribution in [-0.4, -0.2) is 39.8 Å². The molecule has 2 aliphatic heterocycles. The lowest BCUT2D eigenvalue weighted by atomic mass is 9.83. The van der Waals surface area contributed by atoms with Gasteiger partial charge in [0, 0.05) is 6.54 Å². The molecule has 3 N–H and O–H groups in total. The van der Waals surface area contributed by atoms with Gasteiger partial charge in [0.2, 0.25) is 0 Å². The van der Waals surface area contributed by atoms with Crippen molar-refractivity contribution in [2.24, 2.45) is 0 Å². The van der Waals surface area contributed by atoms with E-state index in [1.807, 2.05) is 31.2 Å². The lowest BCUT2D eigenvalue weighted by Gasteiger charge is -2.45. The number of nitrogen functional groups attached to an aromatic ring is 1. The van der Waals surface area contributed by atoms with Crippen LogP contribution in [0.1, 0.15) is 39.9 Å². The highest BCUT2D eigenvalue weighted by molar-refractivity contribution is 6.31. The summed E-state index contributed by atoms with van der Waals surface area (Å²) in [5.41, 5.74) is 7.76. The number of rotatable bonds is 3. The number of benzene rings is 2. The van der Waals surface area contributed by atoms with Crippen molar-refractivity contribution in [2.45, 2.75) is 31.9 Å². The smallest absolute Gasteiger partial charge is 0.412 e. The van der Waals surface area contributed by atoms with E-state index in [2.05, 4.69) is 10.4 Å². The molecule has 176 valence electrons. The standard InChI is InChI=1S/C24H23ClFN5O3/c1-14-4-2-5-15(10-14)12-31-21(27)16(11-28-31)22(32)30-9-3-8-24(13-30)19-18(29-23(33)34-24)7-6-17(25)20(19)26/h2,4-7,10-11H,3,8-9,12-13,27H2,1H3,(H,29,33)/t24-/m0/s1. The maximum atomic E-state index is 15.1. The van der Waals surface area contributed by atoms with E-state index in [-0.39, 0.29) is 40.1 Å². The number of halogens is 2. The lowest BCUT2D eigenvalue weighted by Crippen LogP contribution is -2.53. The molecule has 1 fully saturated rings. The average molecular weight is 484 g/mol. The second kappa shape index (κ2) is 8.32. The summed E-state index contributed by atoms with van der Waals surface area (Å²) in [5.74, 6) is -0.785. The highest BCUT2D eigenvalue weighted by Gasteiger charge is 2.48.